The number of terminal acetylenes is 1. The molecule has 3 nitrogen and oxygen atoms in total. The van der Waals surface area contributed by atoms with Gasteiger partial charge in [0.05, 0.1) is 0 Å². The standard InChI is InChI=1S/C13H12O3/c1-3-9(2)16-13(14)11-8-15-12-7-5-4-6-10(11)12/h1,4-7,9,11H,8H2,2H3. The first kappa shape index (κ1) is 10.6. The van der Waals surface area contributed by atoms with Gasteiger partial charge in [0.2, 0.25) is 0 Å². The molecule has 82 valence electrons. The van der Waals surface area contributed by atoms with Crippen LogP contribution in [0.5, 0.6) is 5.75 Å². The van der Waals surface area contributed by atoms with Crippen LogP contribution in [-0.2, 0) is 9.53 Å². The molecule has 1 aromatic carbocycles. The molecule has 16 heavy (non-hydrogen) atoms. The van der Waals surface area contributed by atoms with Crippen LogP contribution in [-0.4, -0.2) is 18.7 Å². The Kier molecular flexibility index (Phi) is 2.82. The molecule has 2 unspecified atom stereocenters. The maximum Gasteiger partial charge on any atom is 0.318 e. The number of hydrogen-bond donors (Lipinski definition) is 0. The summed E-state index contributed by atoms with van der Waals surface area (Å²) in [5.74, 6) is 2.43. The van der Waals surface area contributed by atoms with Gasteiger partial charge in [0.15, 0.2) is 6.10 Å². The molecule has 1 aliphatic rings. The first-order chi connectivity index (χ1) is 7.72. The molecule has 0 aliphatic carbocycles. The zero-order chi connectivity index (χ0) is 11.5. The topological polar surface area (TPSA) is 35.5 Å². The van der Waals surface area contributed by atoms with E-state index in [0.29, 0.717) is 6.61 Å². The van der Waals surface area contributed by atoms with E-state index in [0.717, 1.165) is 11.3 Å². The summed E-state index contributed by atoms with van der Waals surface area (Å²) < 4.78 is 10.5. The van der Waals surface area contributed by atoms with Crippen LogP contribution in [0.2, 0.25) is 0 Å². The summed E-state index contributed by atoms with van der Waals surface area (Å²) in [5, 5.41) is 0. The van der Waals surface area contributed by atoms with E-state index in [1.54, 1.807) is 6.92 Å². The minimum atomic E-state index is -0.500. The predicted octanol–water partition coefficient (Wildman–Crippen LogP) is 1.73. The van der Waals surface area contributed by atoms with Crippen molar-refractivity contribution in [1.29, 1.82) is 0 Å². The molecular formula is C13H12O3. The highest BCUT2D eigenvalue weighted by molar-refractivity contribution is 5.80. The van der Waals surface area contributed by atoms with Crippen LogP contribution in [0.3, 0.4) is 0 Å². The highest BCUT2D eigenvalue weighted by Crippen LogP contribution is 2.34. The van der Waals surface area contributed by atoms with Gasteiger partial charge in [0.1, 0.15) is 18.3 Å². The van der Waals surface area contributed by atoms with Crippen molar-refractivity contribution in [3.8, 4) is 18.1 Å². The molecule has 0 amide bonds. The normalized spacial score (nSPS) is 19.1. The van der Waals surface area contributed by atoms with Gasteiger partial charge in [-0.25, -0.2) is 0 Å². The van der Waals surface area contributed by atoms with Gasteiger partial charge in [0.25, 0.3) is 0 Å². The van der Waals surface area contributed by atoms with Crippen LogP contribution < -0.4 is 4.74 Å². The van der Waals surface area contributed by atoms with E-state index in [1.165, 1.54) is 0 Å². The number of hydrogen-bond acceptors (Lipinski definition) is 3. The number of benzene rings is 1. The van der Waals surface area contributed by atoms with Gasteiger partial charge in [-0.1, -0.05) is 24.1 Å². The smallest absolute Gasteiger partial charge is 0.318 e. The zero-order valence-electron chi connectivity index (χ0n) is 8.97. The average Bonchev–Trinajstić information content (AvgIpc) is 2.72. The SMILES string of the molecule is C#CC(C)OC(=O)C1COc2ccccc21. The second kappa shape index (κ2) is 4.28. The number of rotatable bonds is 2. The summed E-state index contributed by atoms with van der Waals surface area (Å²) in [5.41, 5.74) is 0.872. The van der Waals surface area contributed by atoms with Crippen LogP contribution in [0.4, 0.5) is 0 Å². The van der Waals surface area contributed by atoms with Crippen LogP contribution in [0.25, 0.3) is 0 Å². The summed E-state index contributed by atoms with van der Waals surface area (Å²) in [6.07, 6.45) is 4.66. The van der Waals surface area contributed by atoms with Crippen molar-refractivity contribution in [2.45, 2.75) is 18.9 Å². The molecule has 0 spiro atoms. The third-order valence-electron chi connectivity index (χ3n) is 2.51. The van der Waals surface area contributed by atoms with Gasteiger partial charge in [-0.2, -0.15) is 0 Å². The molecule has 1 aliphatic heterocycles. The highest BCUT2D eigenvalue weighted by atomic mass is 16.5. The van der Waals surface area contributed by atoms with E-state index < -0.39 is 6.10 Å². The van der Waals surface area contributed by atoms with E-state index >= 15 is 0 Å². The van der Waals surface area contributed by atoms with Crippen LogP contribution >= 0.6 is 0 Å². The Morgan fingerprint density at radius 1 is 1.62 bits per heavy atom. The van der Waals surface area contributed by atoms with Gasteiger partial charge in [-0.3, -0.25) is 4.79 Å². The molecule has 0 aromatic heterocycles. The van der Waals surface area contributed by atoms with Crippen molar-refractivity contribution in [3.63, 3.8) is 0 Å². The third kappa shape index (κ3) is 1.87. The number of carbonyl (C=O) groups excluding carboxylic acids is 1. The predicted molar refractivity (Wildman–Crippen MR) is 59.1 cm³/mol. The average molecular weight is 216 g/mol. The lowest BCUT2D eigenvalue weighted by molar-refractivity contribution is -0.147. The summed E-state index contributed by atoms with van der Waals surface area (Å²) in [6.45, 7) is 2.00. The van der Waals surface area contributed by atoms with E-state index in [4.69, 9.17) is 15.9 Å². The maximum atomic E-state index is 11.8. The number of carbonyl (C=O) groups is 1. The second-order valence-corrected chi connectivity index (χ2v) is 3.65. The zero-order valence-corrected chi connectivity index (χ0v) is 8.97. The Morgan fingerprint density at radius 3 is 3.12 bits per heavy atom. The molecule has 3 heteroatoms. The minimum absolute atomic E-state index is 0.324. The fraction of sp³-hybridized carbons (Fsp3) is 0.308. The van der Waals surface area contributed by atoms with Gasteiger partial charge in [0, 0.05) is 5.56 Å². The van der Waals surface area contributed by atoms with Crippen LogP contribution in [0.15, 0.2) is 24.3 Å². The summed E-state index contributed by atoms with van der Waals surface area (Å²) in [4.78, 5) is 11.8. The molecule has 2 atom stereocenters. The Morgan fingerprint density at radius 2 is 2.38 bits per heavy atom. The number of ether oxygens (including phenoxy) is 2. The molecule has 0 saturated carbocycles. The number of esters is 1. The minimum Gasteiger partial charge on any atom is -0.492 e. The molecule has 1 heterocycles. The van der Waals surface area contributed by atoms with Crippen molar-refractivity contribution < 1.29 is 14.3 Å². The van der Waals surface area contributed by atoms with Gasteiger partial charge in [-0.15, -0.1) is 6.42 Å². The summed E-state index contributed by atoms with van der Waals surface area (Å²) in [6, 6.07) is 7.46. The summed E-state index contributed by atoms with van der Waals surface area (Å²) in [7, 11) is 0. The second-order valence-electron chi connectivity index (χ2n) is 3.65. The van der Waals surface area contributed by atoms with Crippen LogP contribution in [0, 0.1) is 12.3 Å². The Labute approximate surface area is 94.4 Å². The fourth-order valence-corrected chi connectivity index (χ4v) is 1.65. The molecular weight excluding hydrogens is 204 g/mol. The molecule has 0 radical (unpaired) electrons. The van der Waals surface area contributed by atoms with Gasteiger partial charge in [-0.05, 0) is 13.0 Å². The molecule has 0 bridgehead atoms. The molecule has 0 fully saturated rings. The van der Waals surface area contributed by atoms with Crippen molar-refractivity contribution in [2.75, 3.05) is 6.61 Å². The Bertz CT molecular complexity index is 445. The molecule has 2 rings (SSSR count). The lowest BCUT2D eigenvalue weighted by Gasteiger charge is -2.11. The van der Waals surface area contributed by atoms with Crippen molar-refractivity contribution in [1.82, 2.24) is 0 Å². The van der Waals surface area contributed by atoms with Gasteiger partial charge < -0.3 is 9.47 Å². The molecule has 0 saturated heterocycles. The first-order valence-electron chi connectivity index (χ1n) is 5.10. The van der Waals surface area contributed by atoms with Crippen molar-refractivity contribution in [2.24, 2.45) is 0 Å². The highest BCUT2D eigenvalue weighted by Gasteiger charge is 2.31. The van der Waals surface area contributed by atoms with E-state index in [2.05, 4.69) is 5.92 Å². The third-order valence-corrected chi connectivity index (χ3v) is 2.51. The van der Waals surface area contributed by atoms with Gasteiger partial charge >= 0.3 is 5.97 Å². The van der Waals surface area contributed by atoms with Crippen molar-refractivity contribution in [3.05, 3.63) is 29.8 Å². The Hall–Kier alpha value is -1.95. The monoisotopic (exact) mass is 216 g/mol. The lowest BCUT2D eigenvalue weighted by Crippen LogP contribution is -2.21. The summed E-state index contributed by atoms with van der Waals surface area (Å²) >= 11 is 0. The Balaban J connectivity index is 2.14. The molecule has 0 N–H and O–H groups in total. The van der Waals surface area contributed by atoms with E-state index in [1.807, 2.05) is 24.3 Å². The van der Waals surface area contributed by atoms with E-state index in [-0.39, 0.29) is 11.9 Å². The largest absolute Gasteiger partial charge is 0.492 e. The molecule has 1 aromatic rings. The quantitative estimate of drug-likeness (QED) is 0.558. The van der Waals surface area contributed by atoms with Crippen molar-refractivity contribution >= 4 is 5.97 Å². The lowest BCUT2D eigenvalue weighted by atomic mass is 10.0. The fourth-order valence-electron chi connectivity index (χ4n) is 1.65. The first-order valence-corrected chi connectivity index (χ1v) is 5.10. The van der Waals surface area contributed by atoms with E-state index in [9.17, 15) is 4.79 Å². The number of para-hydroxylation sites is 1. The number of fused-ring (bicyclic) bond motifs is 1. The maximum absolute atomic E-state index is 11.8. The van der Waals surface area contributed by atoms with Crippen LogP contribution in [0.1, 0.15) is 18.4 Å².